The third-order valence-electron chi connectivity index (χ3n) is 5.74. The fraction of sp³-hybridized carbons (Fsp3) is 0.148. The Morgan fingerprint density at radius 3 is 2.48 bits per heavy atom. The SMILES string of the molecule is CC1=C(C#N)C(=O)N(CCc2ccccc2)C(=O)/C1=C\c1ccc(-c2cccc(Cl)c2C)o1. The van der Waals surface area contributed by atoms with Crippen molar-refractivity contribution < 1.29 is 14.0 Å². The smallest absolute Gasteiger partial charge is 0.271 e. The number of carbonyl (C=O) groups excluding carboxylic acids is 2. The molecule has 0 spiro atoms. The van der Waals surface area contributed by atoms with E-state index in [0.29, 0.717) is 28.5 Å². The van der Waals surface area contributed by atoms with Crippen LogP contribution in [0.1, 0.15) is 23.8 Å². The molecule has 6 heteroatoms. The number of benzene rings is 2. The summed E-state index contributed by atoms with van der Waals surface area (Å²) in [7, 11) is 0. The topological polar surface area (TPSA) is 74.3 Å². The Labute approximate surface area is 197 Å². The molecule has 0 fully saturated rings. The number of nitrogens with zero attached hydrogens (tertiary/aromatic N) is 2. The Morgan fingerprint density at radius 1 is 1.00 bits per heavy atom. The Kier molecular flexibility index (Phi) is 6.30. The first-order valence-corrected chi connectivity index (χ1v) is 10.9. The normalized spacial score (nSPS) is 15.3. The van der Waals surface area contributed by atoms with Crippen molar-refractivity contribution in [2.45, 2.75) is 20.3 Å². The third kappa shape index (κ3) is 4.39. The van der Waals surface area contributed by atoms with Crippen LogP contribution in [0.15, 0.2) is 81.8 Å². The van der Waals surface area contributed by atoms with Gasteiger partial charge in [-0.25, -0.2) is 0 Å². The van der Waals surface area contributed by atoms with E-state index in [0.717, 1.165) is 21.6 Å². The van der Waals surface area contributed by atoms with Gasteiger partial charge in [0, 0.05) is 22.7 Å². The van der Waals surface area contributed by atoms with Gasteiger partial charge in [-0.2, -0.15) is 5.26 Å². The fourth-order valence-electron chi connectivity index (χ4n) is 3.81. The predicted octanol–water partition coefficient (Wildman–Crippen LogP) is 5.74. The van der Waals surface area contributed by atoms with Crippen molar-refractivity contribution in [2.75, 3.05) is 6.54 Å². The molecule has 164 valence electrons. The maximum Gasteiger partial charge on any atom is 0.271 e. The first-order valence-electron chi connectivity index (χ1n) is 10.5. The minimum absolute atomic E-state index is 0.0358. The zero-order chi connectivity index (χ0) is 23.5. The summed E-state index contributed by atoms with van der Waals surface area (Å²) in [4.78, 5) is 27.2. The lowest BCUT2D eigenvalue weighted by Gasteiger charge is -2.27. The average molecular weight is 457 g/mol. The molecule has 5 nitrogen and oxygen atoms in total. The highest BCUT2D eigenvalue weighted by Gasteiger charge is 2.35. The first-order chi connectivity index (χ1) is 15.9. The number of rotatable bonds is 5. The van der Waals surface area contributed by atoms with Gasteiger partial charge in [0.25, 0.3) is 11.8 Å². The third-order valence-corrected chi connectivity index (χ3v) is 6.15. The van der Waals surface area contributed by atoms with E-state index in [1.165, 1.54) is 0 Å². The molecular formula is C27H21ClN2O3. The molecule has 3 aromatic rings. The lowest BCUT2D eigenvalue weighted by Crippen LogP contribution is -2.43. The molecule has 0 radical (unpaired) electrons. The molecule has 2 heterocycles. The van der Waals surface area contributed by atoms with E-state index in [9.17, 15) is 14.9 Å². The Balaban J connectivity index is 1.67. The van der Waals surface area contributed by atoms with Crippen LogP contribution in [0.5, 0.6) is 0 Å². The number of imide groups is 1. The zero-order valence-electron chi connectivity index (χ0n) is 18.3. The molecule has 0 saturated heterocycles. The zero-order valence-corrected chi connectivity index (χ0v) is 19.0. The Hall–Kier alpha value is -3.88. The van der Waals surface area contributed by atoms with Crippen LogP contribution in [0.4, 0.5) is 0 Å². The Bertz CT molecular complexity index is 1340. The van der Waals surface area contributed by atoms with Crippen LogP contribution in [-0.4, -0.2) is 23.3 Å². The number of nitriles is 1. The minimum Gasteiger partial charge on any atom is -0.457 e. The monoisotopic (exact) mass is 456 g/mol. The van der Waals surface area contributed by atoms with E-state index in [4.69, 9.17) is 16.0 Å². The van der Waals surface area contributed by atoms with E-state index >= 15 is 0 Å². The molecule has 0 bridgehead atoms. The van der Waals surface area contributed by atoms with Crippen LogP contribution in [0, 0.1) is 18.3 Å². The maximum atomic E-state index is 13.2. The van der Waals surface area contributed by atoms with Crippen LogP contribution in [0.3, 0.4) is 0 Å². The average Bonchev–Trinajstić information content (AvgIpc) is 3.28. The maximum absolute atomic E-state index is 13.2. The molecule has 0 atom stereocenters. The van der Waals surface area contributed by atoms with Gasteiger partial charge in [-0.15, -0.1) is 0 Å². The fourth-order valence-corrected chi connectivity index (χ4v) is 3.98. The van der Waals surface area contributed by atoms with E-state index in [-0.39, 0.29) is 17.7 Å². The molecule has 1 aromatic heterocycles. The van der Waals surface area contributed by atoms with Gasteiger partial charge in [-0.3, -0.25) is 14.5 Å². The van der Waals surface area contributed by atoms with Crippen LogP contribution in [-0.2, 0) is 16.0 Å². The molecule has 4 rings (SSSR count). The van der Waals surface area contributed by atoms with Gasteiger partial charge in [0.2, 0.25) is 0 Å². The second-order valence-electron chi connectivity index (χ2n) is 7.78. The predicted molar refractivity (Wildman–Crippen MR) is 127 cm³/mol. The lowest BCUT2D eigenvalue weighted by atomic mass is 9.94. The molecule has 0 aliphatic carbocycles. The summed E-state index contributed by atoms with van der Waals surface area (Å²) in [6.45, 7) is 3.70. The van der Waals surface area contributed by atoms with Crippen molar-refractivity contribution in [3.8, 4) is 17.4 Å². The van der Waals surface area contributed by atoms with Crippen LogP contribution < -0.4 is 0 Å². The number of hydrogen-bond donors (Lipinski definition) is 0. The highest BCUT2D eigenvalue weighted by atomic mass is 35.5. The van der Waals surface area contributed by atoms with Crippen molar-refractivity contribution in [1.29, 1.82) is 5.26 Å². The lowest BCUT2D eigenvalue weighted by molar-refractivity contribution is -0.140. The van der Waals surface area contributed by atoms with Gasteiger partial charge in [-0.05, 0) is 61.2 Å². The van der Waals surface area contributed by atoms with Gasteiger partial charge in [0.05, 0.1) is 0 Å². The summed E-state index contributed by atoms with van der Waals surface area (Å²) in [6, 6.07) is 20.7. The van der Waals surface area contributed by atoms with Gasteiger partial charge >= 0.3 is 0 Å². The first kappa shape index (κ1) is 22.3. The summed E-state index contributed by atoms with van der Waals surface area (Å²) in [5, 5.41) is 10.2. The van der Waals surface area contributed by atoms with Crippen LogP contribution in [0.25, 0.3) is 17.4 Å². The molecule has 2 amide bonds. The number of hydrogen-bond acceptors (Lipinski definition) is 4. The van der Waals surface area contributed by atoms with E-state index in [2.05, 4.69) is 0 Å². The van der Waals surface area contributed by atoms with Gasteiger partial charge in [0.1, 0.15) is 23.2 Å². The number of carbonyl (C=O) groups is 2. The molecule has 1 aliphatic heterocycles. The summed E-state index contributed by atoms with van der Waals surface area (Å²) in [5.74, 6) is 0.0538. The summed E-state index contributed by atoms with van der Waals surface area (Å²) >= 11 is 6.23. The molecule has 0 saturated carbocycles. The van der Waals surface area contributed by atoms with Crippen LogP contribution >= 0.6 is 11.6 Å². The summed E-state index contributed by atoms with van der Waals surface area (Å²) in [5.41, 5.74) is 3.32. The second kappa shape index (κ2) is 9.32. The van der Waals surface area contributed by atoms with Crippen molar-refractivity contribution in [2.24, 2.45) is 0 Å². The number of halogens is 1. The summed E-state index contributed by atoms with van der Waals surface area (Å²) < 4.78 is 5.97. The van der Waals surface area contributed by atoms with Gasteiger partial charge in [-0.1, -0.05) is 54.1 Å². The largest absolute Gasteiger partial charge is 0.457 e. The molecule has 0 unspecified atom stereocenters. The van der Waals surface area contributed by atoms with E-state index in [1.807, 2.05) is 61.5 Å². The second-order valence-corrected chi connectivity index (χ2v) is 8.19. The van der Waals surface area contributed by atoms with Gasteiger partial charge in [0.15, 0.2) is 0 Å². The summed E-state index contributed by atoms with van der Waals surface area (Å²) in [6.07, 6.45) is 2.09. The molecule has 0 N–H and O–H groups in total. The molecular weight excluding hydrogens is 436 g/mol. The van der Waals surface area contributed by atoms with Crippen molar-refractivity contribution in [3.05, 3.63) is 99.3 Å². The minimum atomic E-state index is -0.567. The molecule has 33 heavy (non-hydrogen) atoms. The van der Waals surface area contributed by atoms with Crippen molar-refractivity contribution in [1.82, 2.24) is 4.90 Å². The standard InChI is InChI=1S/C27H21ClN2O3/c1-17-22(15-20-11-12-25(33-20)21-9-6-10-24(28)18(21)2)26(31)30(27(32)23(17)16-29)14-13-19-7-4-3-5-8-19/h3-12,15H,13-14H2,1-2H3/b22-15-. The van der Waals surface area contributed by atoms with E-state index in [1.54, 1.807) is 25.1 Å². The van der Waals surface area contributed by atoms with E-state index < -0.39 is 11.8 Å². The highest BCUT2D eigenvalue weighted by molar-refractivity contribution is 6.31. The molecule has 2 aromatic carbocycles. The van der Waals surface area contributed by atoms with Gasteiger partial charge < -0.3 is 4.42 Å². The van der Waals surface area contributed by atoms with Crippen LogP contribution in [0.2, 0.25) is 5.02 Å². The molecule has 1 aliphatic rings. The quantitative estimate of drug-likeness (QED) is 0.362. The Morgan fingerprint density at radius 2 is 1.76 bits per heavy atom. The number of furan rings is 1. The highest BCUT2D eigenvalue weighted by Crippen LogP contribution is 2.32. The van der Waals surface area contributed by atoms with Crippen molar-refractivity contribution in [3.63, 3.8) is 0 Å². The van der Waals surface area contributed by atoms with Crippen molar-refractivity contribution >= 4 is 29.5 Å². The number of amides is 2.